The number of benzene rings is 1. The van der Waals surface area contributed by atoms with E-state index in [9.17, 15) is 9.59 Å². The normalized spacial score (nSPS) is 21.3. The van der Waals surface area contributed by atoms with E-state index in [1.165, 1.54) is 0 Å². The van der Waals surface area contributed by atoms with Crippen molar-refractivity contribution in [3.63, 3.8) is 0 Å². The minimum Gasteiger partial charge on any atom is -0.369 e. The quantitative estimate of drug-likeness (QED) is 0.834. The third-order valence-electron chi connectivity index (χ3n) is 6.15. The number of para-hydroxylation sites is 2. The predicted octanol–water partition coefficient (Wildman–Crippen LogP) is 2.60. The number of amides is 2. The summed E-state index contributed by atoms with van der Waals surface area (Å²) in [6.45, 7) is 10.5. The van der Waals surface area contributed by atoms with Crippen LogP contribution < -0.4 is 15.5 Å². The molecule has 2 atom stereocenters. The number of likely N-dealkylation sites (tertiary alicyclic amines) is 1. The molecule has 3 rings (SSSR count). The van der Waals surface area contributed by atoms with E-state index in [0.29, 0.717) is 12.6 Å². The van der Waals surface area contributed by atoms with E-state index in [1.807, 2.05) is 38.1 Å². The van der Waals surface area contributed by atoms with Gasteiger partial charge in [-0.2, -0.15) is 0 Å². The molecule has 0 bridgehead atoms. The van der Waals surface area contributed by atoms with Gasteiger partial charge in [-0.25, -0.2) is 0 Å². The van der Waals surface area contributed by atoms with E-state index < -0.39 is 11.6 Å². The molecular weight excluding hydrogens is 340 g/mol. The standard InChI is InChI=1S/C21H32N4O2/c1-5-15(3)24-13-11-21(12-14-24)20(27)25(16(4)19(26)22-6-2)18-10-8-7-9-17(18)23-21/h7-10,15-16,23H,5-6,11-14H2,1-4H3,(H,22,26)/t15-,16+/m1/s1. The van der Waals surface area contributed by atoms with Crippen LogP contribution in [0.25, 0.3) is 0 Å². The highest BCUT2D eigenvalue weighted by molar-refractivity contribution is 6.11. The van der Waals surface area contributed by atoms with Crippen molar-refractivity contribution in [3.8, 4) is 0 Å². The third-order valence-corrected chi connectivity index (χ3v) is 6.15. The number of piperidine rings is 1. The van der Waals surface area contributed by atoms with Crippen LogP contribution in [0.3, 0.4) is 0 Å². The maximum Gasteiger partial charge on any atom is 0.253 e. The number of hydrogen-bond acceptors (Lipinski definition) is 4. The zero-order valence-electron chi connectivity index (χ0n) is 16.9. The monoisotopic (exact) mass is 372 g/mol. The lowest BCUT2D eigenvalue weighted by molar-refractivity contribution is -0.129. The Bertz CT molecular complexity index is 697. The van der Waals surface area contributed by atoms with Gasteiger partial charge in [0.1, 0.15) is 11.6 Å². The molecule has 2 heterocycles. The molecule has 1 aromatic carbocycles. The van der Waals surface area contributed by atoms with Crippen LogP contribution in [0.15, 0.2) is 24.3 Å². The second-order valence-corrected chi connectivity index (χ2v) is 7.76. The second-order valence-electron chi connectivity index (χ2n) is 7.76. The summed E-state index contributed by atoms with van der Waals surface area (Å²) in [5, 5.41) is 6.40. The molecule has 2 aliphatic heterocycles. The number of likely N-dealkylation sites (N-methyl/N-ethyl adjacent to an activating group) is 1. The molecule has 1 aromatic rings. The molecule has 2 amide bonds. The molecule has 6 nitrogen and oxygen atoms in total. The van der Waals surface area contributed by atoms with Gasteiger partial charge in [0.2, 0.25) is 5.91 Å². The summed E-state index contributed by atoms with van der Waals surface area (Å²) in [6.07, 6.45) is 2.61. The Kier molecular flexibility index (Phi) is 5.75. The molecule has 148 valence electrons. The topological polar surface area (TPSA) is 64.7 Å². The summed E-state index contributed by atoms with van der Waals surface area (Å²) in [5.74, 6) is -0.0986. The summed E-state index contributed by atoms with van der Waals surface area (Å²) in [7, 11) is 0. The van der Waals surface area contributed by atoms with Crippen LogP contribution in [0, 0.1) is 0 Å². The van der Waals surface area contributed by atoms with Crippen molar-refractivity contribution in [1.82, 2.24) is 10.2 Å². The molecule has 27 heavy (non-hydrogen) atoms. The van der Waals surface area contributed by atoms with Gasteiger partial charge in [-0.3, -0.25) is 14.5 Å². The van der Waals surface area contributed by atoms with Gasteiger partial charge in [0.05, 0.1) is 11.4 Å². The minimum atomic E-state index is -0.626. The van der Waals surface area contributed by atoms with Crippen molar-refractivity contribution in [2.75, 3.05) is 29.9 Å². The van der Waals surface area contributed by atoms with E-state index in [2.05, 4.69) is 29.4 Å². The number of carbonyl (C=O) groups excluding carboxylic acids is 2. The molecule has 0 saturated carbocycles. The van der Waals surface area contributed by atoms with Gasteiger partial charge in [-0.1, -0.05) is 19.1 Å². The van der Waals surface area contributed by atoms with Crippen LogP contribution in [-0.4, -0.2) is 54.0 Å². The highest BCUT2D eigenvalue weighted by atomic mass is 16.2. The van der Waals surface area contributed by atoms with Crippen molar-refractivity contribution < 1.29 is 9.59 Å². The lowest BCUT2D eigenvalue weighted by Gasteiger charge is -2.49. The van der Waals surface area contributed by atoms with Gasteiger partial charge in [0.25, 0.3) is 5.91 Å². The second kappa shape index (κ2) is 7.89. The van der Waals surface area contributed by atoms with Crippen LogP contribution in [0.2, 0.25) is 0 Å². The molecule has 2 aliphatic rings. The van der Waals surface area contributed by atoms with Crippen LogP contribution in [0.1, 0.15) is 47.0 Å². The van der Waals surface area contributed by atoms with E-state index in [0.717, 1.165) is 43.7 Å². The fourth-order valence-corrected chi connectivity index (χ4v) is 4.21. The maximum atomic E-state index is 13.6. The first-order valence-electron chi connectivity index (χ1n) is 10.2. The molecule has 2 N–H and O–H groups in total. The lowest BCUT2D eigenvalue weighted by Crippen LogP contribution is -2.65. The van der Waals surface area contributed by atoms with E-state index in [1.54, 1.807) is 4.90 Å². The van der Waals surface area contributed by atoms with E-state index >= 15 is 0 Å². The van der Waals surface area contributed by atoms with Crippen molar-refractivity contribution >= 4 is 23.2 Å². The number of hydrogen-bond donors (Lipinski definition) is 2. The van der Waals surface area contributed by atoms with Gasteiger partial charge in [-0.15, -0.1) is 0 Å². The largest absolute Gasteiger partial charge is 0.369 e. The number of rotatable bonds is 5. The highest BCUT2D eigenvalue weighted by Crippen LogP contribution is 2.41. The van der Waals surface area contributed by atoms with Crippen molar-refractivity contribution in [2.24, 2.45) is 0 Å². The fourth-order valence-electron chi connectivity index (χ4n) is 4.21. The number of carbonyl (C=O) groups is 2. The average Bonchev–Trinajstić information content (AvgIpc) is 2.69. The van der Waals surface area contributed by atoms with E-state index in [-0.39, 0.29) is 11.8 Å². The average molecular weight is 373 g/mol. The van der Waals surface area contributed by atoms with Crippen LogP contribution >= 0.6 is 0 Å². The zero-order chi connectivity index (χ0) is 19.6. The van der Waals surface area contributed by atoms with Crippen molar-refractivity contribution in [3.05, 3.63) is 24.3 Å². The SMILES string of the molecule is CCNC(=O)[C@H](C)N1C(=O)C2(CCN([C@H](C)CC)CC2)Nc2ccccc21. The van der Waals surface area contributed by atoms with Gasteiger partial charge < -0.3 is 15.5 Å². The molecule has 0 aliphatic carbocycles. The Hall–Kier alpha value is -2.08. The number of nitrogens with zero attached hydrogens (tertiary/aromatic N) is 2. The summed E-state index contributed by atoms with van der Waals surface area (Å²) >= 11 is 0. The lowest BCUT2D eigenvalue weighted by atomic mass is 9.82. The van der Waals surface area contributed by atoms with Crippen LogP contribution in [-0.2, 0) is 9.59 Å². The van der Waals surface area contributed by atoms with Gasteiger partial charge in [0.15, 0.2) is 0 Å². The van der Waals surface area contributed by atoms with Gasteiger partial charge >= 0.3 is 0 Å². The summed E-state index contributed by atoms with van der Waals surface area (Å²) in [4.78, 5) is 30.3. The van der Waals surface area contributed by atoms with Gasteiger partial charge in [-0.05, 0) is 52.2 Å². The van der Waals surface area contributed by atoms with Crippen molar-refractivity contribution in [1.29, 1.82) is 0 Å². The molecule has 0 unspecified atom stereocenters. The van der Waals surface area contributed by atoms with Crippen LogP contribution in [0.4, 0.5) is 11.4 Å². The first-order valence-corrected chi connectivity index (χ1v) is 10.2. The Morgan fingerprint density at radius 3 is 2.52 bits per heavy atom. The number of fused-ring (bicyclic) bond motifs is 1. The number of anilines is 2. The fraction of sp³-hybridized carbons (Fsp3) is 0.619. The molecular formula is C21H32N4O2. The molecule has 0 radical (unpaired) electrons. The molecule has 1 saturated heterocycles. The first kappa shape index (κ1) is 19.7. The Morgan fingerprint density at radius 1 is 1.22 bits per heavy atom. The Balaban J connectivity index is 1.91. The highest BCUT2D eigenvalue weighted by Gasteiger charge is 2.49. The molecule has 6 heteroatoms. The summed E-state index contributed by atoms with van der Waals surface area (Å²) in [6, 6.07) is 7.79. The molecule has 1 spiro atoms. The Morgan fingerprint density at radius 2 is 1.89 bits per heavy atom. The van der Waals surface area contributed by atoms with Crippen molar-refractivity contribution in [2.45, 2.75) is 64.6 Å². The third kappa shape index (κ3) is 3.55. The van der Waals surface area contributed by atoms with E-state index in [4.69, 9.17) is 0 Å². The molecule has 0 aromatic heterocycles. The number of nitrogens with one attached hydrogen (secondary N) is 2. The smallest absolute Gasteiger partial charge is 0.253 e. The zero-order valence-corrected chi connectivity index (χ0v) is 16.9. The summed E-state index contributed by atoms with van der Waals surface area (Å²) < 4.78 is 0. The molecule has 1 fully saturated rings. The predicted molar refractivity (Wildman–Crippen MR) is 109 cm³/mol. The minimum absolute atomic E-state index is 0.0174. The Labute approximate surface area is 162 Å². The maximum absolute atomic E-state index is 13.6. The summed E-state index contributed by atoms with van der Waals surface area (Å²) in [5.41, 5.74) is 1.10. The first-order chi connectivity index (χ1) is 12.9. The van der Waals surface area contributed by atoms with Crippen LogP contribution in [0.5, 0.6) is 0 Å². The van der Waals surface area contributed by atoms with Gasteiger partial charge in [0, 0.05) is 25.7 Å².